The number of rotatable bonds is 0. The highest BCUT2D eigenvalue weighted by atomic mass is 15.3. The molecule has 6 aliphatic rings. The average Bonchev–Trinajstić information content (AvgIpc) is 3.61. The van der Waals surface area contributed by atoms with Crippen molar-refractivity contribution in [3.8, 4) is 0 Å². The topological polar surface area (TPSA) is 45.8 Å². The summed E-state index contributed by atoms with van der Waals surface area (Å²) in [5.41, 5.74) is 8.39. The predicted molar refractivity (Wildman–Crippen MR) is 142 cm³/mol. The van der Waals surface area contributed by atoms with Crippen LogP contribution in [0.4, 0.5) is 22.7 Å². The Morgan fingerprint density at radius 1 is 0.853 bits per heavy atom. The van der Waals surface area contributed by atoms with Crippen molar-refractivity contribution < 1.29 is 0 Å². The van der Waals surface area contributed by atoms with E-state index in [1.807, 2.05) is 0 Å². The molecule has 6 aliphatic heterocycles. The van der Waals surface area contributed by atoms with Gasteiger partial charge in [-0.1, -0.05) is 42.5 Å². The Hall–Kier alpha value is -3.38. The van der Waals surface area contributed by atoms with Gasteiger partial charge in [0.1, 0.15) is 0 Å². The second-order valence-corrected chi connectivity index (χ2v) is 9.60. The summed E-state index contributed by atoms with van der Waals surface area (Å²) in [4.78, 5) is 7.01. The molecule has 1 saturated heterocycles. The highest BCUT2D eigenvalue weighted by Crippen LogP contribution is 2.38. The third-order valence-corrected chi connectivity index (χ3v) is 7.43. The van der Waals surface area contributed by atoms with Gasteiger partial charge in [0, 0.05) is 25.0 Å². The van der Waals surface area contributed by atoms with Gasteiger partial charge in [0.25, 0.3) is 0 Å². The molecule has 0 radical (unpaired) electrons. The zero-order valence-corrected chi connectivity index (χ0v) is 19.9. The first kappa shape index (κ1) is 21.2. The Morgan fingerprint density at radius 2 is 1.68 bits per heavy atom. The number of benzene rings is 2. The van der Waals surface area contributed by atoms with E-state index >= 15 is 0 Å². The Balaban J connectivity index is 0.0000000964. The van der Waals surface area contributed by atoms with Crippen molar-refractivity contribution in [3.05, 3.63) is 84.2 Å². The molecule has 176 valence electrons. The van der Waals surface area contributed by atoms with Crippen LogP contribution in [-0.4, -0.2) is 43.5 Å². The first-order chi connectivity index (χ1) is 16.8. The Bertz CT molecular complexity index is 1140. The van der Waals surface area contributed by atoms with E-state index in [0.717, 1.165) is 26.4 Å². The summed E-state index contributed by atoms with van der Waals surface area (Å²) < 4.78 is 0. The molecular weight excluding hydrogens is 420 g/mol. The smallest absolute Gasteiger partial charge is 0.0920 e. The molecule has 3 N–H and O–H groups in total. The lowest BCUT2D eigenvalue weighted by atomic mass is 10.0. The van der Waals surface area contributed by atoms with E-state index in [9.17, 15) is 0 Å². The zero-order valence-electron chi connectivity index (χ0n) is 19.9. The predicted octanol–water partition coefficient (Wildman–Crippen LogP) is 4.46. The maximum atomic E-state index is 3.41. The number of allylic oxidation sites excluding steroid dienone is 3. The van der Waals surface area contributed by atoms with Crippen molar-refractivity contribution in [2.45, 2.75) is 38.3 Å². The lowest BCUT2D eigenvalue weighted by molar-refractivity contribution is 0.386. The molecule has 2 aromatic carbocycles. The van der Waals surface area contributed by atoms with Crippen molar-refractivity contribution >= 4 is 22.7 Å². The molecule has 0 aliphatic carbocycles. The van der Waals surface area contributed by atoms with Crippen molar-refractivity contribution in [2.75, 3.05) is 47.0 Å². The molecule has 8 rings (SSSR count). The van der Waals surface area contributed by atoms with Crippen LogP contribution >= 0.6 is 0 Å². The Morgan fingerprint density at radius 3 is 2.56 bits per heavy atom. The van der Waals surface area contributed by atoms with E-state index < -0.39 is 0 Å². The molecule has 34 heavy (non-hydrogen) atoms. The fourth-order valence-corrected chi connectivity index (χ4v) is 5.67. The van der Waals surface area contributed by atoms with E-state index in [0.29, 0.717) is 12.1 Å². The highest BCUT2D eigenvalue weighted by molar-refractivity contribution is 5.80. The van der Waals surface area contributed by atoms with Crippen LogP contribution in [0.3, 0.4) is 0 Å². The molecule has 2 atom stereocenters. The number of anilines is 4. The number of hydrogen-bond donors (Lipinski definition) is 3. The molecule has 6 heterocycles. The lowest BCUT2D eigenvalue weighted by Gasteiger charge is -2.25. The SMILES string of the molecule is C1=CN2CNc3cccc(c32)C1.CC1NCN2C=CC=CC12.c1cc2c3c(c1)NCN3CCC2. The minimum Gasteiger partial charge on any atom is -0.366 e. The van der Waals surface area contributed by atoms with Crippen LogP contribution in [0.25, 0.3) is 0 Å². The maximum absolute atomic E-state index is 3.41. The molecule has 2 aromatic rings. The fraction of sp³-hybridized carbons (Fsp3) is 0.357. The molecule has 0 bridgehead atoms. The molecule has 1 fully saturated rings. The highest BCUT2D eigenvalue weighted by Gasteiger charge is 2.27. The van der Waals surface area contributed by atoms with E-state index in [2.05, 4.69) is 111 Å². The van der Waals surface area contributed by atoms with Crippen LogP contribution in [0.5, 0.6) is 0 Å². The average molecular weight is 455 g/mol. The van der Waals surface area contributed by atoms with Crippen molar-refractivity contribution in [1.82, 2.24) is 10.2 Å². The van der Waals surface area contributed by atoms with Gasteiger partial charge < -0.3 is 25.3 Å². The quantitative estimate of drug-likeness (QED) is 0.547. The van der Waals surface area contributed by atoms with Crippen molar-refractivity contribution in [2.24, 2.45) is 0 Å². The molecule has 0 saturated carbocycles. The molecule has 0 spiro atoms. The normalized spacial score (nSPS) is 23.6. The molecule has 6 nitrogen and oxygen atoms in total. The number of para-hydroxylation sites is 2. The summed E-state index contributed by atoms with van der Waals surface area (Å²) in [5, 5.41) is 10.1. The van der Waals surface area contributed by atoms with Gasteiger partial charge in [0.2, 0.25) is 0 Å². The van der Waals surface area contributed by atoms with Gasteiger partial charge in [-0.3, -0.25) is 5.32 Å². The zero-order chi connectivity index (χ0) is 22.9. The second kappa shape index (κ2) is 9.11. The minimum absolute atomic E-state index is 0.588. The summed E-state index contributed by atoms with van der Waals surface area (Å²) in [7, 11) is 0. The lowest BCUT2D eigenvalue weighted by Crippen LogP contribution is -2.30. The van der Waals surface area contributed by atoms with Crippen LogP contribution < -0.4 is 25.8 Å². The summed E-state index contributed by atoms with van der Waals surface area (Å²) in [6, 6.07) is 14.2. The largest absolute Gasteiger partial charge is 0.366 e. The summed E-state index contributed by atoms with van der Waals surface area (Å²) >= 11 is 0. The number of hydrogen-bond acceptors (Lipinski definition) is 6. The fourth-order valence-electron chi connectivity index (χ4n) is 5.67. The van der Waals surface area contributed by atoms with Crippen LogP contribution in [-0.2, 0) is 12.8 Å². The minimum atomic E-state index is 0.588. The van der Waals surface area contributed by atoms with E-state index in [4.69, 9.17) is 0 Å². The second-order valence-electron chi connectivity index (χ2n) is 9.60. The van der Waals surface area contributed by atoms with E-state index in [1.54, 1.807) is 0 Å². The van der Waals surface area contributed by atoms with Gasteiger partial charge in [-0.2, -0.15) is 0 Å². The van der Waals surface area contributed by atoms with Gasteiger partial charge >= 0.3 is 0 Å². The van der Waals surface area contributed by atoms with Gasteiger partial charge in [0.15, 0.2) is 0 Å². The molecule has 0 aromatic heterocycles. The maximum Gasteiger partial charge on any atom is 0.0920 e. The number of aryl methyl sites for hydroxylation is 1. The van der Waals surface area contributed by atoms with Gasteiger partial charge in [0.05, 0.1) is 48.8 Å². The van der Waals surface area contributed by atoms with Crippen LogP contribution in [0, 0.1) is 0 Å². The first-order valence-corrected chi connectivity index (χ1v) is 12.5. The third kappa shape index (κ3) is 3.92. The van der Waals surface area contributed by atoms with E-state index in [1.165, 1.54) is 53.3 Å². The van der Waals surface area contributed by atoms with Crippen molar-refractivity contribution in [3.63, 3.8) is 0 Å². The van der Waals surface area contributed by atoms with Gasteiger partial charge in [-0.05, 0) is 55.5 Å². The standard InChI is InChI=1S/C10H12N2.C10H10N2.C8H12N2/c2*1-3-8-4-2-6-12-7-11-9(5-1)10(8)12;1-7-8-4-2-3-5-10(8)6-9-7/h1,3,5,11H,2,4,6-7H2;1-3,5-6,11H,4,7H2;2-5,7-9H,6H2,1H3. The van der Waals surface area contributed by atoms with Crippen LogP contribution in [0.2, 0.25) is 0 Å². The molecule has 2 unspecified atom stereocenters. The Kier molecular flexibility index (Phi) is 5.67. The monoisotopic (exact) mass is 454 g/mol. The summed E-state index contributed by atoms with van der Waals surface area (Å²) in [6.07, 6.45) is 16.6. The third-order valence-electron chi connectivity index (χ3n) is 7.43. The van der Waals surface area contributed by atoms with Gasteiger partial charge in [-0.25, -0.2) is 0 Å². The first-order valence-electron chi connectivity index (χ1n) is 12.5. The number of nitrogens with one attached hydrogen (secondary N) is 3. The number of nitrogens with zero attached hydrogens (tertiary/aromatic N) is 3. The number of fused-ring (bicyclic) bond motifs is 1. The van der Waals surface area contributed by atoms with E-state index in [-0.39, 0.29) is 0 Å². The summed E-state index contributed by atoms with van der Waals surface area (Å²) in [5.74, 6) is 0. The van der Waals surface area contributed by atoms with Crippen LogP contribution in [0.1, 0.15) is 24.5 Å². The van der Waals surface area contributed by atoms with Crippen LogP contribution in [0.15, 0.2) is 73.1 Å². The van der Waals surface area contributed by atoms with Crippen molar-refractivity contribution in [1.29, 1.82) is 0 Å². The van der Waals surface area contributed by atoms with Gasteiger partial charge in [-0.15, -0.1) is 0 Å². The molecule has 0 amide bonds. The molecular formula is C28H34N6. The Labute approximate surface area is 202 Å². The molecule has 6 heteroatoms. The summed E-state index contributed by atoms with van der Waals surface area (Å²) in [6.45, 7) is 6.35.